The normalized spacial score (nSPS) is 11.2. The van der Waals surface area contributed by atoms with Gasteiger partial charge < -0.3 is 9.73 Å². The van der Waals surface area contributed by atoms with Crippen molar-refractivity contribution in [1.82, 2.24) is 4.98 Å². The second-order valence-corrected chi connectivity index (χ2v) is 6.38. The number of halogens is 2. The van der Waals surface area contributed by atoms with E-state index in [1.165, 1.54) is 12.1 Å². The molecule has 1 heterocycles. The Morgan fingerprint density at radius 1 is 1.26 bits per heavy atom. The van der Waals surface area contributed by atoms with E-state index in [0.29, 0.717) is 27.0 Å². The minimum atomic E-state index is -0.504. The first kappa shape index (κ1) is 15.7. The average molecular weight is 377 g/mol. The molecular formula is C17H14BrFN2O2. The molecule has 2 aromatic carbocycles. The number of carbonyl (C=O) groups excluding carboxylic acids is 1. The maximum absolute atomic E-state index is 13.8. The summed E-state index contributed by atoms with van der Waals surface area (Å²) in [5.74, 6) is -0.126. The molecule has 1 aromatic heterocycles. The first-order chi connectivity index (χ1) is 10.9. The number of nitrogens with zero attached hydrogens (tertiary/aromatic N) is 1. The third kappa shape index (κ3) is 3.27. The topological polar surface area (TPSA) is 55.1 Å². The molecule has 3 aromatic rings. The van der Waals surface area contributed by atoms with E-state index < -0.39 is 11.7 Å². The quantitative estimate of drug-likeness (QED) is 0.691. The summed E-state index contributed by atoms with van der Waals surface area (Å²) in [4.78, 5) is 16.6. The summed E-state index contributed by atoms with van der Waals surface area (Å²) in [5, 5.41) is 2.55. The fraction of sp³-hybridized carbons (Fsp3) is 0.176. The van der Waals surface area contributed by atoms with Gasteiger partial charge in [-0.3, -0.25) is 4.79 Å². The zero-order valence-electron chi connectivity index (χ0n) is 12.6. The molecule has 3 rings (SSSR count). The van der Waals surface area contributed by atoms with Crippen LogP contribution in [0.25, 0.3) is 11.1 Å². The molecule has 0 aliphatic heterocycles. The number of amides is 1. The predicted molar refractivity (Wildman–Crippen MR) is 90.2 cm³/mol. The summed E-state index contributed by atoms with van der Waals surface area (Å²) in [5.41, 5.74) is 1.74. The van der Waals surface area contributed by atoms with Crippen molar-refractivity contribution in [1.29, 1.82) is 0 Å². The van der Waals surface area contributed by atoms with Crippen molar-refractivity contribution in [2.75, 3.05) is 5.32 Å². The molecule has 0 fully saturated rings. The van der Waals surface area contributed by atoms with E-state index in [1.807, 2.05) is 13.8 Å². The monoisotopic (exact) mass is 376 g/mol. The molecule has 4 nitrogen and oxygen atoms in total. The Balaban J connectivity index is 1.88. The summed E-state index contributed by atoms with van der Waals surface area (Å²) in [6, 6.07) is 9.43. The number of rotatable bonds is 3. The molecule has 6 heteroatoms. The lowest BCUT2D eigenvalue weighted by Crippen LogP contribution is -2.12. The number of oxazole rings is 1. The molecule has 0 saturated heterocycles. The lowest BCUT2D eigenvalue weighted by Gasteiger charge is -2.06. The van der Waals surface area contributed by atoms with Gasteiger partial charge in [0.1, 0.15) is 11.3 Å². The SMILES string of the molecule is CC(C)c1nc2ccc(C(=O)Nc3ccc(Br)cc3F)cc2o1. The van der Waals surface area contributed by atoms with Gasteiger partial charge in [0.25, 0.3) is 5.91 Å². The Morgan fingerprint density at radius 2 is 2.04 bits per heavy atom. The molecule has 0 atom stereocenters. The Kier molecular flexibility index (Phi) is 4.17. The Morgan fingerprint density at radius 3 is 2.74 bits per heavy atom. The summed E-state index contributed by atoms with van der Waals surface area (Å²) in [6.45, 7) is 3.96. The third-order valence-electron chi connectivity index (χ3n) is 3.34. The smallest absolute Gasteiger partial charge is 0.255 e. The van der Waals surface area contributed by atoms with Gasteiger partial charge in [0.2, 0.25) is 0 Å². The van der Waals surface area contributed by atoms with Crippen LogP contribution in [0.1, 0.15) is 36.0 Å². The number of nitrogens with one attached hydrogen (secondary N) is 1. The van der Waals surface area contributed by atoms with Gasteiger partial charge in [-0.25, -0.2) is 9.37 Å². The van der Waals surface area contributed by atoms with Gasteiger partial charge in [-0.2, -0.15) is 0 Å². The zero-order chi connectivity index (χ0) is 16.6. The molecule has 1 N–H and O–H groups in total. The maximum Gasteiger partial charge on any atom is 0.255 e. The van der Waals surface area contributed by atoms with Crippen LogP contribution in [0.3, 0.4) is 0 Å². The number of hydrogen-bond acceptors (Lipinski definition) is 3. The highest BCUT2D eigenvalue weighted by Gasteiger charge is 2.14. The number of anilines is 1. The van der Waals surface area contributed by atoms with Crippen LogP contribution in [0.5, 0.6) is 0 Å². The molecule has 23 heavy (non-hydrogen) atoms. The Hall–Kier alpha value is -2.21. The summed E-state index contributed by atoms with van der Waals surface area (Å²) >= 11 is 3.18. The maximum atomic E-state index is 13.8. The molecule has 118 valence electrons. The molecule has 0 radical (unpaired) electrons. The van der Waals surface area contributed by atoms with Crippen molar-refractivity contribution in [3.63, 3.8) is 0 Å². The molecule has 0 aliphatic rings. The third-order valence-corrected chi connectivity index (χ3v) is 3.83. The van der Waals surface area contributed by atoms with Gasteiger partial charge in [-0.1, -0.05) is 29.8 Å². The summed E-state index contributed by atoms with van der Waals surface area (Å²) < 4.78 is 20.0. The van der Waals surface area contributed by atoms with Crippen molar-refractivity contribution in [3.05, 3.63) is 58.1 Å². The van der Waals surface area contributed by atoms with Gasteiger partial charge in [0, 0.05) is 16.0 Å². The largest absolute Gasteiger partial charge is 0.440 e. The van der Waals surface area contributed by atoms with E-state index in [2.05, 4.69) is 26.2 Å². The van der Waals surface area contributed by atoms with E-state index in [4.69, 9.17) is 4.42 Å². The Bertz CT molecular complexity index is 889. The molecule has 0 spiro atoms. The number of hydrogen-bond donors (Lipinski definition) is 1. The van der Waals surface area contributed by atoms with Crippen molar-refractivity contribution in [2.24, 2.45) is 0 Å². The van der Waals surface area contributed by atoms with Crippen molar-refractivity contribution < 1.29 is 13.6 Å². The fourth-order valence-corrected chi connectivity index (χ4v) is 2.45. The highest BCUT2D eigenvalue weighted by atomic mass is 79.9. The van der Waals surface area contributed by atoms with Crippen LogP contribution in [0.4, 0.5) is 10.1 Å². The molecule has 1 amide bonds. The minimum Gasteiger partial charge on any atom is -0.440 e. The molecule has 0 bridgehead atoms. The van der Waals surface area contributed by atoms with Crippen LogP contribution in [0.15, 0.2) is 45.3 Å². The van der Waals surface area contributed by atoms with E-state index in [-0.39, 0.29) is 11.6 Å². The van der Waals surface area contributed by atoms with E-state index >= 15 is 0 Å². The highest BCUT2D eigenvalue weighted by Crippen LogP contribution is 2.23. The predicted octanol–water partition coefficient (Wildman–Crippen LogP) is 5.11. The van der Waals surface area contributed by atoms with Crippen LogP contribution in [0.2, 0.25) is 0 Å². The van der Waals surface area contributed by atoms with Crippen LogP contribution < -0.4 is 5.32 Å². The first-order valence-corrected chi connectivity index (χ1v) is 7.90. The van der Waals surface area contributed by atoms with Gasteiger partial charge in [-0.05, 0) is 36.4 Å². The molecular weight excluding hydrogens is 363 g/mol. The molecule has 0 unspecified atom stereocenters. The number of benzene rings is 2. The first-order valence-electron chi connectivity index (χ1n) is 7.11. The standard InChI is InChI=1S/C17H14BrFN2O2/c1-9(2)17-21-14-5-3-10(7-15(14)23-17)16(22)20-13-6-4-11(18)8-12(13)19/h3-9H,1-2H3,(H,20,22). The minimum absolute atomic E-state index is 0.124. The zero-order valence-corrected chi connectivity index (χ0v) is 14.1. The van der Waals surface area contributed by atoms with E-state index in [1.54, 1.807) is 24.3 Å². The number of fused-ring (bicyclic) bond motifs is 1. The van der Waals surface area contributed by atoms with Gasteiger partial charge >= 0.3 is 0 Å². The second-order valence-electron chi connectivity index (χ2n) is 5.47. The average Bonchev–Trinajstić information content (AvgIpc) is 2.93. The highest BCUT2D eigenvalue weighted by molar-refractivity contribution is 9.10. The van der Waals surface area contributed by atoms with E-state index in [0.717, 1.165) is 0 Å². The number of carbonyl (C=O) groups is 1. The van der Waals surface area contributed by atoms with Crippen LogP contribution >= 0.6 is 15.9 Å². The van der Waals surface area contributed by atoms with Gasteiger partial charge in [0.15, 0.2) is 11.5 Å². The lowest BCUT2D eigenvalue weighted by atomic mass is 10.2. The summed E-state index contributed by atoms with van der Waals surface area (Å²) in [6.07, 6.45) is 0. The number of aromatic nitrogens is 1. The Labute approximate surface area is 140 Å². The second kappa shape index (κ2) is 6.12. The summed E-state index contributed by atoms with van der Waals surface area (Å²) in [7, 11) is 0. The molecule has 0 aliphatic carbocycles. The molecule has 0 saturated carbocycles. The van der Waals surface area contributed by atoms with Crippen LogP contribution in [-0.2, 0) is 0 Å². The fourth-order valence-electron chi connectivity index (χ4n) is 2.12. The van der Waals surface area contributed by atoms with Crippen LogP contribution in [0, 0.1) is 5.82 Å². The van der Waals surface area contributed by atoms with Crippen molar-refractivity contribution in [3.8, 4) is 0 Å². The van der Waals surface area contributed by atoms with E-state index in [9.17, 15) is 9.18 Å². The lowest BCUT2D eigenvalue weighted by molar-refractivity contribution is 0.102. The van der Waals surface area contributed by atoms with Crippen LogP contribution in [-0.4, -0.2) is 10.9 Å². The van der Waals surface area contributed by atoms with Crippen molar-refractivity contribution in [2.45, 2.75) is 19.8 Å². The van der Waals surface area contributed by atoms with Gasteiger partial charge in [0.05, 0.1) is 5.69 Å². The van der Waals surface area contributed by atoms with Crippen molar-refractivity contribution >= 4 is 38.6 Å². The van der Waals surface area contributed by atoms with Gasteiger partial charge in [-0.15, -0.1) is 0 Å².